The van der Waals surface area contributed by atoms with Crippen molar-refractivity contribution in [2.24, 2.45) is 0 Å². The Morgan fingerprint density at radius 2 is 1.67 bits per heavy atom. The van der Waals surface area contributed by atoms with Crippen LogP contribution in [0.3, 0.4) is 0 Å². The molecule has 0 spiro atoms. The van der Waals surface area contributed by atoms with E-state index in [1.807, 2.05) is 0 Å². The number of aromatic nitrogens is 2. The Morgan fingerprint density at radius 3 is 2.36 bits per heavy atom. The number of urea groups is 1. The minimum absolute atomic E-state index is 0.000658. The van der Waals surface area contributed by atoms with Gasteiger partial charge in [0.1, 0.15) is 29.6 Å². The molecule has 9 nitrogen and oxygen atoms in total. The number of hydrogen-bond donors (Lipinski definition) is 3. The normalized spacial score (nSPS) is 11.1. The Balaban J connectivity index is 1.44. The van der Waals surface area contributed by atoms with Crippen molar-refractivity contribution in [3.05, 3.63) is 66.2 Å². The van der Waals surface area contributed by atoms with Crippen LogP contribution in [0.15, 0.2) is 60.7 Å². The summed E-state index contributed by atoms with van der Waals surface area (Å²) in [5, 5.41) is 12.9. The molecule has 0 unspecified atom stereocenters. The summed E-state index contributed by atoms with van der Waals surface area (Å²) in [5.74, 6) is 1.36. The fourth-order valence-corrected chi connectivity index (χ4v) is 3.33. The first-order valence-electron chi connectivity index (χ1n) is 10.5. The highest BCUT2D eigenvalue weighted by Crippen LogP contribution is 2.29. The van der Waals surface area contributed by atoms with Crippen LogP contribution in [0.25, 0.3) is 10.9 Å². The molecule has 1 aromatic heterocycles. The molecule has 3 aromatic carbocycles. The Morgan fingerprint density at radius 1 is 0.917 bits per heavy atom. The molecule has 0 atom stereocenters. The number of amides is 2. The summed E-state index contributed by atoms with van der Waals surface area (Å²) < 4.78 is 57.4. The number of nitrogens with one attached hydrogen (secondary N) is 3. The largest absolute Gasteiger partial charge is 0.573 e. The lowest BCUT2D eigenvalue weighted by atomic mass is 10.2. The van der Waals surface area contributed by atoms with Crippen LogP contribution in [0.1, 0.15) is 5.56 Å². The van der Waals surface area contributed by atoms with Crippen LogP contribution in [-0.4, -0.2) is 36.8 Å². The Bertz CT molecular complexity index is 1350. The molecule has 0 saturated carbocycles. The van der Waals surface area contributed by atoms with Gasteiger partial charge in [0, 0.05) is 29.3 Å². The molecule has 0 saturated heterocycles. The highest BCUT2D eigenvalue weighted by molar-refractivity contribution is 6.04. The van der Waals surface area contributed by atoms with Crippen molar-refractivity contribution >= 4 is 28.4 Å². The van der Waals surface area contributed by atoms with Crippen molar-refractivity contribution < 1.29 is 36.9 Å². The lowest BCUT2D eigenvalue weighted by Crippen LogP contribution is -2.19. The van der Waals surface area contributed by atoms with Gasteiger partial charge in [0.25, 0.3) is 0 Å². The van der Waals surface area contributed by atoms with Crippen molar-refractivity contribution in [1.29, 1.82) is 0 Å². The summed E-state index contributed by atoms with van der Waals surface area (Å²) in [4.78, 5) is 12.6. The number of ether oxygens (including phenoxy) is 4. The monoisotopic (exact) mass is 502 g/mol. The molecule has 1 heterocycles. The maximum atomic E-state index is 12.6. The fourth-order valence-electron chi connectivity index (χ4n) is 3.33. The van der Waals surface area contributed by atoms with Gasteiger partial charge in [-0.25, -0.2) is 4.79 Å². The molecule has 0 bridgehead atoms. The van der Waals surface area contributed by atoms with Gasteiger partial charge < -0.3 is 24.3 Å². The molecule has 0 aliphatic carbocycles. The third-order valence-corrected chi connectivity index (χ3v) is 4.91. The number of benzene rings is 3. The minimum Gasteiger partial charge on any atom is -0.497 e. The molecular weight excluding hydrogens is 481 g/mol. The van der Waals surface area contributed by atoms with Crippen LogP contribution in [0, 0.1) is 0 Å². The SMILES string of the molecule is COc1cc(NC(=O)Nc2n[nH]c3ccc(OCc4cccc(OC(F)(F)F)c4)cc23)cc(OC)c1. The molecule has 0 aliphatic heterocycles. The first kappa shape index (κ1) is 24.5. The molecule has 2 amide bonds. The number of halogens is 3. The third-order valence-electron chi connectivity index (χ3n) is 4.91. The minimum atomic E-state index is -4.78. The zero-order chi connectivity index (χ0) is 25.7. The van der Waals surface area contributed by atoms with Gasteiger partial charge >= 0.3 is 12.4 Å². The topological polar surface area (TPSA) is 107 Å². The smallest absolute Gasteiger partial charge is 0.497 e. The van der Waals surface area contributed by atoms with Gasteiger partial charge in [0.15, 0.2) is 5.82 Å². The zero-order valence-corrected chi connectivity index (χ0v) is 19.1. The number of carbonyl (C=O) groups is 1. The molecule has 12 heteroatoms. The first-order chi connectivity index (χ1) is 17.2. The quantitative estimate of drug-likeness (QED) is 0.285. The van der Waals surface area contributed by atoms with E-state index in [4.69, 9.17) is 14.2 Å². The molecule has 36 heavy (non-hydrogen) atoms. The molecule has 4 rings (SSSR count). The van der Waals surface area contributed by atoms with Crippen LogP contribution in [0.5, 0.6) is 23.0 Å². The van der Waals surface area contributed by atoms with Gasteiger partial charge in [0.2, 0.25) is 0 Å². The number of H-pyrrole nitrogens is 1. The molecule has 0 aliphatic rings. The second kappa shape index (κ2) is 10.3. The summed E-state index contributed by atoms with van der Waals surface area (Å²) in [7, 11) is 3.00. The maximum absolute atomic E-state index is 12.6. The molecule has 188 valence electrons. The van der Waals surface area contributed by atoms with Crippen molar-refractivity contribution in [3.8, 4) is 23.0 Å². The van der Waals surface area contributed by atoms with Gasteiger partial charge in [0.05, 0.1) is 19.7 Å². The summed E-state index contributed by atoms with van der Waals surface area (Å²) in [6, 6.07) is 14.9. The van der Waals surface area contributed by atoms with Crippen LogP contribution in [-0.2, 0) is 6.61 Å². The number of carbonyl (C=O) groups excluding carboxylic acids is 1. The van der Waals surface area contributed by atoms with Gasteiger partial charge in [-0.3, -0.25) is 10.4 Å². The van der Waals surface area contributed by atoms with Crippen LogP contribution >= 0.6 is 0 Å². The van der Waals surface area contributed by atoms with E-state index in [2.05, 4.69) is 25.6 Å². The Labute approximate surface area is 203 Å². The predicted octanol–water partition coefficient (Wildman–Crippen LogP) is 5.70. The van der Waals surface area contributed by atoms with E-state index < -0.39 is 12.4 Å². The van der Waals surface area contributed by atoms with Gasteiger partial charge in [-0.05, 0) is 35.9 Å². The second-order valence-corrected chi connectivity index (χ2v) is 7.44. The Hall–Kier alpha value is -4.61. The van der Waals surface area contributed by atoms with E-state index in [0.29, 0.717) is 39.4 Å². The third kappa shape index (κ3) is 6.29. The first-order valence-corrected chi connectivity index (χ1v) is 10.5. The zero-order valence-electron chi connectivity index (χ0n) is 19.1. The molecule has 4 aromatic rings. The summed E-state index contributed by atoms with van der Waals surface area (Å²) in [5.41, 5.74) is 1.57. The molecule has 3 N–H and O–H groups in total. The number of methoxy groups -OCH3 is 2. The van der Waals surface area contributed by atoms with E-state index in [1.54, 1.807) is 42.5 Å². The van der Waals surface area contributed by atoms with Gasteiger partial charge in [-0.15, -0.1) is 13.2 Å². The Kier molecular flexibility index (Phi) is 7.04. The highest BCUT2D eigenvalue weighted by Gasteiger charge is 2.31. The van der Waals surface area contributed by atoms with Crippen molar-refractivity contribution in [1.82, 2.24) is 10.2 Å². The average Bonchev–Trinajstić information content (AvgIpc) is 3.23. The summed E-state index contributed by atoms with van der Waals surface area (Å²) >= 11 is 0. The van der Waals surface area contributed by atoms with Gasteiger partial charge in [-0.2, -0.15) is 5.10 Å². The number of hydrogen-bond acceptors (Lipinski definition) is 6. The number of rotatable bonds is 8. The lowest BCUT2D eigenvalue weighted by molar-refractivity contribution is -0.274. The summed E-state index contributed by atoms with van der Waals surface area (Å²) in [6.07, 6.45) is -4.78. The maximum Gasteiger partial charge on any atom is 0.573 e. The molecule has 0 fully saturated rings. The number of alkyl halides is 3. The van der Waals surface area contributed by atoms with E-state index in [1.165, 1.54) is 32.4 Å². The standard InChI is InChI=1S/C24H21F3N4O5/c1-33-18-9-15(10-19(11-18)34-2)28-23(32)29-22-20-12-16(6-7-21(20)30-31-22)35-13-14-4-3-5-17(8-14)36-24(25,26)27/h3-12H,13H2,1-2H3,(H3,28,29,30,31,32). The van der Waals surface area contributed by atoms with E-state index in [9.17, 15) is 18.0 Å². The lowest BCUT2D eigenvalue weighted by Gasteiger charge is -2.11. The second-order valence-electron chi connectivity index (χ2n) is 7.44. The van der Waals surface area contributed by atoms with Crippen LogP contribution < -0.4 is 29.6 Å². The highest BCUT2D eigenvalue weighted by atomic mass is 19.4. The van der Waals surface area contributed by atoms with Crippen molar-refractivity contribution in [2.45, 2.75) is 13.0 Å². The number of anilines is 2. The van der Waals surface area contributed by atoms with E-state index in [-0.39, 0.29) is 18.2 Å². The van der Waals surface area contributed by atoms with E-state index >= 15 is 0 Å². The van der Waals surface area contributed by atoms with Gasteiger partial charge in [-0.1, -0.05) is 12.1 Å². The average molecular weight is 502 g/mol. The van der Waals surface area contributed by atoms with Crippen molar-refractivity contribution in [2.75, 3.05) is 24.9 Å². The van der Waals surface area contributed by atoms with Crippen molar-refractivity contribution in [3.63, 3.8) is 0 Å². The molecular formula is C24H21F3N4O5. The summed E-state index contributed by atoms with van der Waals surface area (Å²) in [6.45, 7) is -0.000658. The molecule has 0 radical (unpaired) electrons. The van der Waals surface area contributed by atoms with E-state index in [0.717, 1.165) is 0 Å². The van der Waals surface area contributed by atoms with Crippen LogP contribution in [0.4, 0.5) is 29.5 Å². The fraction of sp³-hybridized carbons (Fsp3) is 0.167. The predicted molar refractivity (Wildman–Crippen MR) is 126 cm³/mol. The number of fused-ring (bicyclic) bond motifs is 1. The number of aromatic amines is 1. The number of nitrogens with zero attached hydrogens (tertiary/aromatic N) is 1. The van der Waals surface area contributed by atoms with Crippen LogP contribution in [0.2, 0.25) is 0 Å².